The number of alkyl halides is 3. The SMILES string of the molecule is O=C(COCC(F)(F)F)Nc1nc(-c2ccccc2F)cs1. The lowest BCUT2D eigenvalue weighted by atomic mass is 10.2. The van der Waals surface area contributed by atoms with Crippen molar-refractivity contribution in [3.05, 3.63) is 35.5 Å². The van der Waals surface area contributed by atoms with Crippen molar-refractivity contribution in [3.8, 4) is 11.3 Å². The summed E-state index contributed by atoms with van der Waals surface area (Å²) in [4.78, 5) is 15.4. The maximum Gasteiger partial charge on any atom is 0.411 e. The second-order valence-electron chi connectivity index (χ2n) is 4.17. The van der Waals surface area contributed by atoms with E-state index in [1.165, 1.54) is 23.6 Å². The Balaban J connectivity index is 1.92. The summed E-state index contributed by atoms with van der Waals surface area (Å²) in [5.41, 5.74) is 0.599. The molecule has 1 aromatic carbocycles. The van der Waals surface area contributed by atoms with Gasteiger partial charge < -0.3 is 4.74 Å². The third kappa shape index (κ3) is 4.78. The number of carbonyl (C=O) groups is 1. The Bertz CT molecular complexity index is 657. The van der Waals surface area contributed by atoms with Crippen molar-refractivity contribution >= 4 is 22.4 Å². The molecule has 1 amide bonds. The number of halogens is 4. The lowest BCUT2D eigenvalue weighted by Crippen LogP contribution is -2.23. The predicted molar refractivity (Wildman–Crippen MR) is 73.0 cm³/mol. The summed E-state index contributed by atoms with van der Waals surface area (Å²) in [6.45, 7) is -2.24. The molecule has 0 saturated carbocycles. The van der Waals surface area contributed by atoms with Crippen molar-refractivity contribution in [3.63, 3.8) is 0 Å². The van der Waals surface area contributed by atoms with Crippen molar-refractivity contribution in [2.45, 2.75) is 6.18 Å². The molecule has 0 spiro atoms. The molecule has 0 aliphatic heterocycles. The Labute approximate surface area is 126 Å². The fraction of sp³-hybridized carbons (Fsp3) is 0.231. The first-order chi connectivity index (χ1) is 10.3. The molecule has 4 nitrogen and oxygen atoms in total. The second-order valence-corrected chi connectivity index (χ2v) is 5.03. The molecule has 1 aromatic heterocycles. The average molecular weight is 334 g/mol. The highest BCUT2D eigenvalue weighted by Crippen LogP contribution is 2.26. The van der Waals surface area contributed by atoms with Crippen LogP contribution in [0.3, 0.4) is 0 Å². The fourth-order valence-corrected chi connectivity index (χ4v) is 2.27. The Morgan fingerprint density at radius 1 is 1.32 bits per heavy atom. The zero-order chi connectivity index (χ0) is 16.2. The van der Waals surface area contributed by atoms with Crippen LogP contribution in [0, 0.1) is 5.82 Å². The smallest absolute Gasteiger partial charge is 0.362 e. The van der Waals surface area contributed by atoms with Crippen LogP contribution in [-0.4, -0.2) is 30.3 Å². The minimum absolute atomic E-state index is 0.152. The van der Waals surface area contributed by atoms with Gasteiger partial charge in [0.25, 0.3) is 5.91 Å². The third-order valence-electron chi connectivity index (χ3n) is 2.40. The topological polar surface area (TPSA) is 51.2 Å². The molecule has 0 unspecified atom stereocenters. The molecule has 22 heavy (non-hydrogen) atoms. The van der Waals surface area contributed by atoms with Gasteiger partial charge >= 0.3 is 6.18 Å². The monoisotopic (exact) mass is 334 g/mol. The van der Waals surface area contributed by atoms with Crippen LogP contribution >= 0.6 is 11.3 Å². The van der Waals surface area contributed by atoms with Gasteiger partial charge in [0.1, 0.15) is 19.0 Å². The van der Waals surface area contributed by atoms with E-state index in [1.807, 2.05) is 0 Å². The summed E-state index contributed by atoms with van der Waals surface area (Å²) in [6.07, 6.45) is -4.49. The van der Waals surface area contributed by atoms with Gasteiger partial charge in [0.15, 0.2) is 5.13 Å². The van der Waals surface area contributed by atoms with E-state index in [0.717, 1.165) is 11.3 Å². The van der Waals surface area contributed by atoms with Gasteiger partial charge in [-0.05, 0) is 12.1 Å². The molecule has 1 heterocycles. The summed E-state index contributed by atoms with van der Waals surface area (Å²) in [6, 6.07) is 5.98. The average Bonchev–Trinajstić information content (AvgIpc) is 2.86. The first-order valence-corrected chi connectivity index (χ1v) is 6.88. The molecule has 2 aromatic rings. The van der Waals surface area contributed by atoms with E-state index in [1.54, 1.807) is 6.07 Å². The molecule has 0 saturated heterocycles. The number of ether oxygens (including phenoxy) is 1. The van der Waals surface area contributed by atoms with Gasteiger partial charge in [-0.25, -0.2) is 9.37 Å². The molecule has 2 rings (SSSR count). The highest BCUT2D eigenvalue weighted by atomic mass is 32.1. The predicted octanol–water partition coefficient (Wildman–Crippen LogP) is 3.47. The van der Waals surface area contributed by atoms with Gasteiger partial charge in [-0.2, -0.15) is 13.2 Å². The number of carbonyl (C=O) groups excluding carboxylic acids is 1. The summed E-state index contributed by atoms with van der Waals surface area (Å²) >= 11 is 1.03. The molecule has 9 heteroatoms. The number of nitrogens with one attached hydrogen (secondary N) is 1. The number of aromatic nitrogens is 1. The van der Waals surface area contributed by atoms with E-state index >= 15 is 0 Å². The van der Waals surface area contributed by atoms with Crippen molar-refractivity contribution < 1.29 is 27.1 Å². The van der Waals surface area contributed by atoms with E-state index in [-0.39, 0.29) is 10.7 Å². The Morgan fingerprint density at radius 2 is 2.05 bits per heavy atom. The summed E-state index contributed by atoms with van der Waals surface area (Å²) in [7, 11) is 0. The number of amides is 1. The van der Waals surface area contributed by atoms with Crippen LogP contribution in [0.4, 0.5) is 22.7 Å². The highest BCUT2D eigenvalue weighted by Gasteiger charge is 2.27. The molecule has 0 atom stereocenters. The van der Waals surface area contributed by atoms with Crippen molar-refractivity contribution in [2.24, 2.45) is 0 Å². The lowest BCUT2D eigenvalue weighted by Gasteiger charge is -2.06. The Morgan fingerprint density at radius 3 is 2.73 bits per heavy atom. The number of hydrogen-bond acceptors (Lipinski definition) is 4. The molecule has 0 fully saturated rings. The number of anilines is 1. The minimum atomic E-state index is -4.49. The minimum Gasteiger partial charge on any atom is -0.362 e. The molecular formula is C13H10F4N2O2S. The van der Waals surface area contributed by atoms with Crippen LogP contribution in [0.15, 0.2) is 29.6 Å². The van der Waals surface area contributed by atoms with Crippen LogP contribution in [-0.2, 0) is 9.53 Å². The molecule has 1 N–H and O–H groups in total. The summed E-state index contributed by atoms with van der Waals surface area (Å²) in [5.74, 6) is -1.22. The van der Waals surface area contributed by atoms with E-state index in [4.69, 9.17) is 0 Å². The highest BCUT2D eigenvalue weighted by molar-refractivity contribution is 7.14. The van der Waals surface area contributed by atoms with Crippen LogP contribution in [0.5, 0.6) is 0 Å². The van der Waals surface area contributed by atoms with Crippen LogP contribution in [0.1, 0.15) is 0 Å². The maximum absolute atomic E-state index is 13.6. The number of nitrogens with zero attached hydrogens (tertiary/aromatic N) is 1. The van der Waals surface area contributed by atoms with Gasteiger partial charge in [-0.1, -0.05) is 12.1 Å². The van der Waals surface area contributed by atoms with Gasteiger partial charge in [0.05, 0.1) is 5.69 Å². The number of thiazole rings is 1. The number of benzene rings is 1. The standard InChI is InChI=1S/C13H10F4N2O2S/c14-9-4-2-1-3-8(9)10-6-22-12(18-10)19-11(20)5-21-7-13(15,16)17/h1-4,6H,5,7H2,(H,18,19,20). The molecule has 0 aliphatic rings. The third-order valence-corrected chi connectivity index (χ3v) is 3.16. The summed E-state index contributed by atoms with van der Waals surface area (Å²) < 4.78 is 53.4. The zero-order valence-electron chi connectivity index (χ0n) is 11.0. The fourth-order valence-electron chi connectivity index (χ4n) is 1.54. The Kier molecular flexibility index (Phi) is 5.09. The van der Waals surface area contributed by atoms with Crippen molar-refractivity contribution in [1.82, 2.24) is 4.98 Å². The summed E-state index contributed by atoms with van der Waals surface area (Å²) in [5, 5.41) is 3.98. The Hall–Kier alpha value is -2.00. The lowest BCUT2D eigenvalue weighted by molar-refractivity contribution is -0.174. The van der Waals surface area contributed by atoms with Crippen molar-refractivity contribution in [2.75, 3.05) is 18.5 Å². The molecule has 0 bridgehead atoms. The van der Waals surface area contributed by atoms with Crippen molar-refractivity contribution in [1.29, 1.82) is 0 Å². The van der Waals surface area contributed by atoms with Gasteiger partial charge in [-0.3, -0.25) is 10.1 Å². The van der Waals surface area contributed by atoms with Gasteiger partial charge in [-0.15, -0.1) is 11.3 Å². The van der Waals surface area contributed by atoms with E-state index in [0.29, 0.717) is 5.69 Å². The first-order valence-electron chi connectivity index (χ1n) is 6.00. The normalized spacial score (nSPS) is 11.5. The van der Waals surface area contributed by atoms with Gasteiger partial charge in [0.2, 0.25) is 0 Å². The largest absolute Gasteiger partial charge is 0.411 e. The van der Waals surface area contributed by atoms with Crippen LogP contribution in [0.2, 0.25) is 0 Å². The van der Waals surface area contributed by atoms with E-state index in [9.17, 15) is 22.4 Å². The van der Waals surface area contributed by atoms with Gasteiger partial charge in [0, 0.05) is 10.9 Å². The molecule has 0 radical (unpaired) electrons. The molecule has 0 aliphatic carbocycles. The van der Waals surface area contributed by atoms with E-state index < -0.39 is 31.1 Å². The number of hydrogen-bond donors (Lipinski definition) is 1. The maximum atomic E-state index is 13.6. The quantitative estimate of drug-likeness (QED) is 0.852. The van der Waals surface area contributed by atoms with Crippen LogP contribution in [0.25, 0.3) is 11.3 Å². The first kappa shape index (κ1) is 16.4. The number of rotatable bonds is 5. The van der Waals surface area contributed by atoms with Crippen LogP contribution < -0.4 is 5.32 Å². The second kappa shape index (κ2) is 6.84. The zero-order valence-corrected chi connectivity index (χ0v) is 11.8. The molecular weight excluding hydrogens is 324 g/mol. The van der Waals surface area contributed by atoms with E-state index in [2.05, 4.69) is 15.0 Å². The molecule has 118 valence electrons.